The van der Waals surface area contributed by atoms with Gasteiger partial charge in [0.05, 0.1) is 34.8 Å². The first-order valence-electron chi connectivity index (χ1n) is 10.7. The average molecular weight is 449 g/mol. The smallest absolute Gasteiger partial charge is 0.318 e. The summed E-state index contributed by atoms with van der Waals surface area (Å²) >= 11 is 0. The number of methoxy groups -OCH3 is 3. The molecule has 3 aromatic carbocycles. The predicted octanol–water partition coefficient (Wildman–Crippen LogP) is 4.31. The molecule has 0 spiro atoms. The van der Waals surface area contributed by atoms with Crippen LogP contribution in [0.1, 0.15) is 21.5 Å². The van der Waals surface area contributed by atoms with Crippen molar-refractivity contribution >= 4 is 11.7 Å². The van der Waals surface area contributed by atoms with Crippen molar-refractivity contribution in [3.05, 3.63) is 89.5 Å². The van der Waals surface area contributed by atoms with Gasteiger partial charge >= 0.3 is 5.91 Å². The van der Waals surface area contributed by atoms with Crippen molar-refractivity contribution in [2.75, 3.05) is 34.9 Å². The third-order valence-corrected chi connectivity index (χ3v) is 5.66. The summed E-state index contributed by atoms with van der Waals surface area (Å²) in [6, 6.07) is 22.0. The molecule has 6 nitrogen and oxygen atoms in total. The topological polar surface area (TPSA) is 61.8 Å². The maximum Gasteiger partial charge on any atom is 0.318 e. The van der Waals surface area contributed by atoms with Gasteiger partial charge in [0.15, 0.2) is 11.5 Å². The molecule has 0 fully saturated rings. The van der Waals surface area contributed by atoms with Gasteiger partial charge in [-0.1, -0.05) is 42.5 Å². The van der Waals surface area contributed by atoms with E-state index in [1.165, 1.54) is 0 Å². The van der Waals surface area contributed by atoms with Crippen LogP contribution in [-0.2, 0) is 17.8 Å². The van der Waals surface area contributed by atoms with E-state index in [2.05, 4.69) is 0 Å². The molecule has 172 valence electrons. The molecule has 33 heavy (non-hydrogen) atoms. The van der Waals surface area contributed by atoms with E-state index in [4.69, 9.17) is 14.2 Å². The Morgan fingerprint density at radius 1 is 0.758 bits per heavy atom. The SMILES string of the molecule is COc1cccc(CC(=O)[N+](C)(CC(=O)c2ccccc2)Cc2ccc(OC)c(OC)c2)c1. The van der Waals surface area contributed by atoms with Gasteiger partial charge in [-0.25, -0.2) is 4.79 Å². The molecule has 1 atom stereocenters. The van der Waals surface area contributed by atoms with Crippen molar-refractivity contribution in [1.82, 2.24) is 0 Å². The molecule has 1 amide bonds. The largest absolute Gasteiger partial charge is 0.497 e. The Kier molecular flexibility index (Phi) is 7.85. The number of quaternary nitrogens is 1. The Balaban J connectivity index is 1.92. The standard InChI is InChI=1S/C27H30NO5/c1-28(19-24(29)22-10-6-5-7-11-22,18-21-13-14-25(32-3)26(16-21)33-4)27(30)17-20-9-8-12-23(15-20)31-2/h5-16H,17-19H2,1-4H3/q+1. The van der Waals surface area contributed by atoms with Gasteiger partial charge in [0.25, 0.3) is 0 Å². The van der Waals surface area contributed by atoms with Gasteiger partial charge in [0.2, 0.25) is 5.78 Å². The number of ether oxygens (including phenoxy) is 3. The minimum absolute atomic E-state index is 0.0428. The summed E-state index contributed by atoms with van der Waals surface area (Å²) in [5.74, 6) is 1.73. The van der Waals surface area contributed by atoms with Crippen LogP contribution in [-0.4, -0.2) is 51.1 Å². The molecule has 0 aliphatic rings. The van der Waals surface area contributed by atoms with E-state index >= 15 is 0 Å². The lowest BCUT2D eigenvalue weighted by molar-refractivity contribution is -0.839. The second-order valence-corrected chi connectivity index (χ2v) is 8.11. The van der Waals surface area contributed by atoms with E-state index < -0.39 is 0 Å². The molecule has 0 aliphatic carbocycles. The van der Waals surface area contributed by atoms with Crippen molar-refractivity contribution in [1.29, 1.82) is 0 Å². The van der Waals surface area contributed by atoms with Crippen molar-refractivity contribution < 1.29 is 28.3 Å². The van der Waals surface area contributed by atoms with E-state index in [1.807, 2.05) is 60.7 Å². The third kappa shape index (κ3) is 5.99. The number of hydrogen-bond acceptors (Lipinski definition) is 5. The number of carbonyl (C=O) groups is 2. The van der Waals surface area contributed by atoms with E-state index in [-0.39, 0.29) is 29.1 Å². The molecule has 3 rings (SSSR count). The third-order valence-electron chi connectivity index (χ3n) is 5.66. The highest BCUT2D eigenvalue weighted by atomic mass is 16.5. The Labute approximate surface area is 194 Å². The minimum atomic E-state index is -0.0856. The average Bonchev–Trinajstić information content (AvgIpc) is 2.84. The molecule has 0 aromatic heterocycles. The number of rotatable bonds is 10. The summed E-state index contributed by atoms with van der Waals surface area (Å²) in [4.78, 5) is 26.7. The van der Waals surface area contributed by atoms with Crippen LogP contribution in [0.15, 0.2) is 72.8 Å². The van der Waals surface area contributed by atoms with Crippen LogP contribution in [0.4, 0.5) is 0 Å². The number of benzene rings is 3. The van der Waals surface area contributed by atoms with Crippen LogP contribution in [0.25, 0.3) is 0 Å². The Bertz CT molecular complexity index is 1110. The lowest BCUT2D eigenvalue weighted by Crippen LogP contribution is -2.52. The molecular weight excluding hydrogens is 418 g/mol. The monoisotopic (exact) mass is 448 g/mol. The lowest BCUT2D eigenvalue weighted by atomic mass is 10.1. The summed E-state index contributed by atoms with van der Waals surface area (Å²) in [7, 11) is 6.55. The highest BCUT2D eigenvalue weighted by molar-refractivity contribution is 5.97. The number of hydrogen-bond donors (Lipinski definition) is 0. The normalized spacial score (nSPS) is 12.5. The highest BCUT2D eigenvalue weighted by Gasteiger charge is 2.35. The molecule has 0 radical (unpaired) electrons. The summed E-state index contributed by atoms with van der Waals surface area (Å²) in [6.07, 6.45) is 0.184. The van der Waals surface area contributed by atoms with E-state index in [1.54, 1.807) is 40.5 Å². The van der Waals surface area contributed by atoms with E-state index in [0.29, 0.717) is 29.4 Å². The Morgan fingerprint density at radius 3 is 2.15 bits per heavy atom. The van der Waals surface area contributed by atoms with E-state index in [0.717, 1.165) is 11.1 Å². The summed E-state index contributed by atoms with van der Waals surface area (Å²) in [5.41, 5.74) is 2.29. The number of carbonyl (C=O) groups excluding carboxylic acids is 2. The van der Waals surface area contributed by atoms with Crippen molar-refractivity contribution in [2.24, 2.45) is 0 Å². The molecule has 0 saturated heterocycles. The fraction of sp³-hybridized carbons (Fsp3) is 0.259. The first-order valence-corrected chi connectivity index (χ1v) is 10.7. The fourth-order valence-electron chi connectivity index (χ4n) is 3.79. The Hall–Kier alpha value is -3.64. The zero-order valence-electron chi connectivity index (χ0n) is 19.5. The second-order valence-electron chi connectivity index (χ2n) is 8.11. The number of amides is 1. The first-order chi connectivity index (χ1) is 15.9. The lowest BCUT2D eigenvalue weighted by Gasteiger charge is -2.31. The first kappa shape index (κ1) is 24.0. The highest BCUT2D eigenvalue weighted by Crippen LogP contribution is 2.29. The number of ketones is 1. The molecule has 0 aliphatic heterocycles. The molecule has 0 bridgehead atoms. The van der Waals surface area contributed by atoms with Gasteiger partial charge in [-0.3, -0.25) is 9.28 Å². The van der Waals surface area contributed by atoms with Gasteiger partial charge in [0.1, 0.15) is 18.8 Å². The van der Waals surface area contributed by atoms with Crippen LogP contribution < -0.4 is 14.2 Å². The van der Waals surface area contributed by atoms with Gasteiger partial charge in [-0.2, -0.15) is 0 Å². The quantitative estimate of drug-likeness (QED) is 0.342. The maximum atomic E-state index is 13.6. The molecule has 0 N–H and O–H groups in total. The maximum absolute atomic E-state index is 13.6. The van der Waals surface area contributed by atoms with Gasteiger partial charge in [-0.05, 0) is 35.9 Å². The van der Waals surface area contributed by atoms with Crippen molar-refractivity contribution in [2.45, 2.75) is 13.0 Å². The van der Waals surface area contributed by atoms with Crippen molar-refractivity contribution in [3.8, 4) is 17.2 Å². The predicted molar refractivity (Wildman–Crippen MR) is 127 cm³/mol. The summed E-state index contributed by atoms with van der Waals surface area (Å²) in [5, 5.41) is 0. The van der Waals surface area contributed by atoms with Crippen LogP contribution >= 0.6 is 0 Å². The van der Waals surface area contributed by atoms with E-state index in [9.17, 15) is 9.59 Å². The number of likely N-dealkylation sites (N-methyl/N-ethyl adjacent to an activating group) is 1. The van der Waals surface area contributed by atoms with Crippen LogP contribution in [0.3, 0.4) is 0 Å². The fourth-order valence-corrected chi connectivity index (χ4v) is 3.79. The minimum Gasteiger partial charge on any atom is -0.497 e. The van der Waals surface area contributed by atoms with Crippen LogP contribution in [0, 0.1) is 0 Å². The zero-order valence-corrected chi connectivity index (χ0v) is 19.5. The van der Waals surface area contributed by atoms with Gasteiger partial charge in [-0.15, -0.1) is 0 Å². The molecule has 6 heteroatoms. The van der Waals surface area contributed by atoms with Crippen molar-refractivity contribution in [3.63, 3.8) is 0 Å². The number of Topliss-reactive ketones (excluding diaryl/α,β-unsaturated/α-hetero) is 1. The van der Waals surface area contributed by atoms with Gasteiger partial charge in [0, 0.05) is 11.1 Å². The van der Waals surface area contributed by atoms with Crippen LogP contribution in [0.2, 0.25) is 0 Å². The summed E-state index contributed by atoms with van der Waals surface area (Å²) < 4.78 is 16.0. The zero-order chi connectivity index (χ0) is 23.8. The summed E-state index contributed by atoms with van der Waals surface area (Å²) in [6.45, 7) is 0.378. The molecule has 0 saturated carbocycles. The molecule has 1 unspecified atom stereocenters. The van der Waals surface area contributed by atoms with Crippen LogP contribution in [0.5, 0.6) is 17.2 Å². The molecular formula is C27H30NO5+. The Morgan fingerprint density at radius 2 is 1.48 bits per heavy atom. The second kappa shape index (κ2) is 10.8. The number of nitrogens with zero attached hydrogens (tertiary/aromatic N) is 1. The molecule has 0 heterocycles. The molecule has 3 aromatic rings. The van der Waals surface area contributed by atoms with Gasteiger partial charge < -0.3 is 14.2 Å².